The van der Waals surface area contributed by atoms with Crippen molar-refractivity contribution in [3.05, 3.63) is 35.5 Å². The van der Waals surface area contributed by atoms with Gasteiger partial charge >= 0.3 is 0 Å². The normalized spacial score (nSPS) is 17.8. The van der Waals surface area contributed by atoms with Gasteiger partial charge in [-0.1, -0.05) is 11.6 Å². The fourth-order valence-electron chi connectivity index (χ4n) is 2.61. The van der Waals surface area contributed by atoms with Crippen molar-refractivity contribution in [2.75, 3.05) is 25.6 Å². The van der Waals surface area contributed by atoms with Gasteiger partial charge in [0.15, 0.2) is 0 Å². The number of nitrogens with zero attached hydrogens (tertiary/aromatic N) is 1. The van der Waals surface area contributed by atoms with Crippen LogP contribution in [0.1, 0.15) is 12.8 Å². The quantitative estimate of drug-likeness (QED) is 0.863. The van der Waals surface area contributed by atoms with Gasteiger partial charge in [0.2, 0.25) is 0 Å². The average molecular weight is 324 g/mol. The number of halogens is 1. The second-order valence-corrected chi connectivity index (χ2v) is 6.23. The molecule has 1 saturated heterocycles. The molecule has 0 N–H and O–H groups in total. The smallest absolute Gasteiger partial charge is 0.145 e. The van der Waals surface area contributed by atoms with Crippen LogP contribution in [0.4, 0.5) is 0 Å². The first-order valence-electron chi connectivity index (χ1n) is 7.09. The van der Waals surface area contributed by atoms with Crippen LogP contribution in [-0.2, 0) is 4.74 Å². The lowest BCUT2D eigenvalue weighted by atomic mass is 9.83. The largest absolute Gasteiger partial charge is 0.491 e. The molecule has 2 aromatic rings. The topological polar surface area (TPSA) is 31.4 Å². The molecule has 112 valence electrons. The molecule has 1 aromatic carbocycles. The molecule has 21 heavy (non-hydrogen) atoms. The molecule has 1 aliphatic rings. The summed E-state index contributed by atoms with van der Waals surface area (Å²) in [6.45, 7) is 2.19. The summed E-state index contributed by atoms with van der Waals surface area (Å²) in [7, 11) is 0. The Labute approximate surface area is 135 Å². The first kappa shape index (κ1) is 14.9. The number of aromatic nitrogens is 1. The van der Waals surface area contributed by atoms with Gasteiger partial charge in [0.05, 0.1) is 11.6 Å². The summed E-state index contributed by atoms with van der Waals surface area (Å²) in [5.74, 6) is 1.58. The van der Waals surface area contributed by atoms with Gasteiger partial charge in [0.1, 0.15) is 11.3 Å². The second kappa shape index (κ2) is 6.42. The third kappa shape index (κ3) is 3.12. The maximum absolute atomic E-state index is 6.21. The highest BCUT2D eigenvalue weighted by molar-refractivity contribution is 7.80. The van der Waals surface area contributed by atoms with E-state index in [1.54, 1.807) is 6.20 Å². The van der Waals surface area contributed by atoms with Gasteiger partial charge < -0.3 is 9.47 Å². The molecule has 0 radical (unpaired) electrons. The lowest BCUT2D eigenvalue weighted by molar-refractivity contribution is 0.00336. The van der Waals surface area contributed by atoms with Gasteiger partial charge in [0, 0.05) is 30.2 Å². The van der Waals surface area contributed by atoms with Crippen molar-refractivity contribution < 1.29 is 9.47 Å². The summed E-state index contributed by atoms with van der Waals surface area (Å²) in [6, 6.07) is 7.59. The molecule has 1 fully saturated rings. The van der Waals surface area contributed by atoms with Crippen LogP contribution in [0, 0.1) is 5.41 Å². The Morgan fingerprint density at radius 1 is 1.29 bits per heavy atom. The number of hydrogen-bond donors (Lipinski definition) is 1. The minimum absolute atomic E-state index is 0.0854. The highest BCUT2D eigenvalue weighted by Gasteiger charge is 2.32. The monoisotopic (exact) mass is 323 g/mol. The van der Waals surface area contributed by atoms with E-state index in [1.165, 1.54) is 0 Å². The molecule has 1 aromatic heterocycles. The number of pyridine rings is 1. The first-order chi connectivity index (χ1) is 10.2. The van der Waals surface area contributed by atoms with Crippen LogP contribution in [0.5, 0.6) is 5.75 Å². The highest BCUT2D eigenvalue weighted by Crippen LogP contribution is 2.35. The van der Waals surface area contributed by atoms with Crippen molar-refractivity contribution in [2.45, 2.75) is 12.8 Å². The molecular formula is C16H18ClNO2S. The number of fused-ring (bicyclic) bond motifs is 1. The molecule has 5 heteroatoms. The molecule has 0 aliphatic carbocycles. The third-order valence-electron chi connectivity index (χ3n) is 4.10. The summed E-state index contributed by atoms with van der Waals surface area (Å²) in [5, 5.41) is 1.61. The molecule has 3 nitrogen and oxygen atoms in total. The van der Waals surface area contributed by atoms with Crippen molar-refractivity contribution in [1.82, 2.24) is 4.98 Å². The van der Waals surface area contributed by atoms with E-state index in [2.05, 4.69) is 17.6 Å². The van der Waals surface area contributed by atoms with Crippen LogP contribution in [0.25, 0.3) is 10.9 Å². The zero-order chi connectivity index (χ0) is 14.7. The Hall–Kier alpha value is -0.970. The van der Waals surface area contributed by atoms with Gasteiger partial charge in [-0.05, 0) is 42.9 Å². The molecule has 0 amide bonds. The zero-order valence-electron chi connectivity index (χ0n) is 11.7. The Balaban J connectivity index is 1.83. The number of benzene rings is 1. The van der Waals surface area contributed by atoms with E-state index >= 15 is 0 Å². The lowest BCUT2D eigenvalue weighted by Gasteiger charge is -2.35. The maximum Gasteiger partial charge on any atom is 0.145 e. The molecule has 0 unspecified atom stereocenters. The fraction of sp³-hybridized carbons (Fsp3) is 0.438. The predicted octanol–water partition coefficient (Wildman–Crippen LogP) is 3.99. The van der Waals surface area contributed by atoms with E-state index in [4.69, 9.17) is 21.1 Å². The number of hydrogen-bond acceptors (Lipinski definition) is 4. The van der Waals surface area contributed by atoms with E-state index in [1.807, 2.05) is 24.3 Å². The van der Waals surface area contributed by atoms with Gasteiger partial charge in [-0.3, -0.25) is 4.98 Å². The van der Waals surface area contributed by atoms with Crippen molar-refractivity contribution in [3.8, 4) is 5.75 Å². The van der Waals surface area contributed by atoms with Crippen molar-refractivity contribution in [3.63, 3.8) is 0 Å². The molecule has 0 atom stereocenters. The minimum Gasteiger partial charge on any atom is -0.491 e. The minimum atomic E-state index is 0.0854. The van der Waals surface area contributed by atoms with Crippen LogP contribution in [-0.4, -0.2) is 30.6 Å². The maximum atomic E-state index is 6.21. The van der Waals surface area contributed by atoms with E-state index in [9.17, 15) is 0 Å². The predicted molar refractivity (Wildman–Crippen MR) is 88.6 cm³/mol. The summed E-state index contributed by atoms with van der Waals surface area (Å²) < 4.78 is 11.5. The molecule has 2 heterocycles. The van der Waals surface area contributed by atoms with Gasteiger partial charge in [-0.15, -0.1) is 0 Å². The van der Waals surface area contributed by atoms with Gasteiger partial charge in [0.25, 0.3) is 0 Å². The van der Waals surface area contributed by atoms with Crippen LogP contribution in [0.3, 0.4) is 0 Å². The number of thiol groups is 1. The van der Waals surface area contributed by atoms with Crippen LogP contribution in [0.15, 0.2) is 30.5 Å². The second-order valence-electron chi connectivity index (χ2n) is 5.50. The van der Waals surface area contributed by atoms with Gasteiger partial charge in [-0.2, -0.15) is 12.6 Å². The Morgan fingerprint density at radius 2 is 2.10 bits per heavy atom. The average Bonchev–Trinajstić information content (AvgIpc) is 2.55. The summed E-state index contributed by atoms with van der Waals surface area (Å²) in [5.41, 5.74) is 0.897. The van der Waals surface area contributed by atoms with Crippen LogP contribution in [0.2, 0.25) is 5.02 Å². The molecule has 0 saturated carbocycles. The van der Waals surface area contributed by atoms with Crippen molar-refractivity contribution in [1.29, 1.82) is 0 Å². The van der Waals surface area contributed by atoms with E-state index in [0.717, 1.165) is 48.5 Å². The first-order valence-corrected chi connectivity index (χ1v) is 8.10. The van der Waals surface area contributed by atoms with Crippen LogP contribution < -0.4 is 4.74 Å². The van der Waals surface area contributed by atoms with E-state index < -0.39 is 0 Å². The zero-order valence-corrected chi connectivity index (χ0v) is 13.4. The molecule has 1 aliphatic heterocycles. The Bertz CT molecular complexity index is 629. The number of ether oxygens (including phenoxy) is 2. The van der Waals surface area contributed by atoms with E-state index in [0.29, 0.717) is 11.6 Å². The summed E-state index contributed by atoms with van der Waals surface area (Å²) in [4.78, 5) is 4.40. The van der Waals surface area contributed by atoms with E-state index in [-0.39, 0.29) is 5.41 Å². The lowest BCUT2D eigenvalue weighted by Crippen LogP contribution is -2.36. The van der Waals surface area contributed by atoms with Gasteiger partial charge in [-0.25, -0.2) is 0 Å². The fourth-order valence-corrected chi connectivity index (χ4v) is 3.23. The number of rotatable bonds is 4. The van der Waals surface area contributed by atoms with Crippen molar-refractivity contribution in [2.24, 2.45) is 5.41 Å². The van der Waals surface area contributed by atoms with Crippen molar-refractivity contribution >= 4 is 35.1 Å². The molecule has 0 spiro atoms. The molecule has 0 bridgehead atoms. The molecule has 3 rings (SSSR count). The Kier molecular flexibility index (Phi) is 4.57. The SMILES string of the molecule is SCC1(COc2ccc(Cl)c3cccnc23)CCOCC1. The summed E-state index contributed by atoms with van der Waals surface area (Å²) in [6.07, 6.45) is 3.72. The van der Waals surface area contributed by atoms with Crippen LogP contribution >= 0.6 is 24.2 Å². The Morgan fingerprint density at radius 3 is 2.86 bits per heavy atom. The molecular weight excluding hydrogens is 306 g/mol. The standard InChI is InChI=1S/C16H18ClNO2S/c17-13-3-4-14(15-12(13)2-1-7-18-15)20-10-16(11-21)5-8-19-9-6-16/h1-4,7,21H,5-6,8-11H2. The summed E-state index contributed by atoms with van der Waals surface area (Å²) >= 11 is 10.7. The highest BCUT2D eigenvalue weighted by atomic mass is 35.5. The third-order valence-corrected chi connectivity index (χ3v) is 5.10.